The highest BCUT2D eigenvalue weighted by Gasteiger charge is 2.34. The lowest BCUT2D eigenvalue weighted by atomic mass is 9.98. The number of hydrogen-bond donors (Lipinski definition) is 1. The first-order chi connectivity index (χ1) is 16.6. The molecule has 0 aliphatic heterocycles. The molecule has 0 spiro atoms. The first-order valence-electron chi connectivity index (χ1n) is 10.2. The van der Waals surface area contributed by atoms with E-state index in [0.29, 0.717) is 21.7 Å². The predicted octanol–water partition coefficient (Wildman–Crippen LogP) is 7.50. The molecule has 3 aromatic carbocycles. The third-order valence-electron chi connectivity index (χ3n) is 5.22. The molecule has 0 radical (unpaired) electrons. The zero-order valence-corrected chi connectivity index (χ0v) is 18.6. The SMILES string of the molecule is O=C(O)c1ccc(-c2ccc(COc3ccc(-c4ccccc4F)c(C(F)(F)F)c3)c(Cl)c2)cn1. The van der Waals surface area contributed by atoms with Crippen LogP contribution in [-0.4, -0.2) is 16.1 Å². The molecule has 0 unspecified atom stereocenters. The van der Waals surface area contributed by atoms with Crippen molar-refractivity contribution in [3.05, 3.63) is 107 Å². The number of benzene rings is 3. The number of ether oxygens (including phenoxy) is 1. The van der Waals surface area contributed by atoms with Crippen LogP contribution in [0.3, 0.4) is 0 Å². The second-order valence-electron chi connectivity index (χ2n) is 7.52. The molecule has 4 aromatic rings. The molecule has 0 saturated heterocycles. The largest absolute Gasteiger partial charge is 0.489 e. The Morgan fingerprint density at radius 3 is 2.31 bits per heavy atom. The molecular weight excluding hydrogens is 486 g/mol. The Kier molecular flexibility index (Phi) is 6.75. The topological polar surface area (TPSA) is 59.4 Å². The van der Waals surface area contributed by atoms with Gasteiger partial charge in [0.25, 0.3) is 0 Å². The summed E-state index contributed by atoms with van der Waals surface area (Å²) in [7, 11) is 0. The summed E-state index contributed by atoms with van der Waals surface area (Å²) in [6, 6.07) is 16.6. The van der Waals surface area contributed by atoms with Gasteiger partial charge >= 0.3 is 12.1 Å². The van der Waals surface area contributed by atoms with E-state index in [4.69, 9.17) is 21.4 Å². The molecule has 178 valence electrons. The second kappa shape index (κ2) is 9.76. The fourth-order valence-electron chi connectivity index (χ4n) is 3.46. The molecule has 0 aliphatic rings. The van der Waals surface area contributed by atoms with Gasteiger partial charge in [-0.15, -0.1) is 0 Å². The highest BCUT2D eigenvalue weighted by atomic mass is 35.5. The van der Waals surface area contributed by atoms with E-state index in [1.807, 2.05) is 0 Å². The number of carboxylic acids is 1. The summed E-state index contributed by atoms with van der Waals surface area (Å²) < 4.78 is 60.8. The van der Waals surface area contributed by atoms with Crippen LogP contribution in [0.25, 0.3) is 22.3 Å². The number of rotatable bonds is 6. The van der Waals surface area contributed by atoms with Crippen LogP contribution in [0.1, 0.15) is 21.6 Å². The Balaban J connectivity index is 1.55. The molecule has 0 amide bonds. The Morgan fingerprint density at radius 1 is 0.943 bits per heavy atom. The van der Waals surface area contributed by atoms with E-state index in [1.165, 1.54) is 42.6 Å². The van der Waals surface area contributed by atoms with Gasteiger partial charge < -0.3 is 9.84 Å². The molecule has 0 fully saturated rings. The fourth-order valence-corrected chi connectivity index (χ4v) is 3.69. The van der Waals surface area contributed by atoms with Gasteiger partial charge in [-0.2, -0.15) is 13.2 Å². The molecule has 1 heterocycles. The Hall–Kier alpha value is -3.91. The quantitative estimate of drug-likeness (QED) is 0.278. The molecule has 0 bridgehead atoms. The lowest BCUT2D eigenvalue weighted by Crippen LogP contribution is -2.08. The van der Waals surface area contributed by atoms with Crippen LogP contribution in [0.2, 0.25) is 5.02 Å². The number of alkyl halides is 3. The first-order valence-corrected chi connectivity index (χ1v) is 10.6. The van der Waals surface area contributed by atoms with E-state index in [2.05, 4.69) is 4.98 Å². The van der Waals surface area contributed by atoms with Crippen molar-refractivity contribution in [3.8, 4) is 28.0 Å². The van der Waals surface area contributed by atoms with Crippen molar-refractivity contribution >= 4 is 17.6 Å². The number of aromatic nitrogens is 1. The van der Waals surface area contributed by atoms with Gasteiger partial charge in [0.15, 0.2) is 0 Å². The van der Waals surface area contributed by atoms with Gasteiger partial charge in [0.1, 0.15) is 23.9 Å². The summed E-state index contributed by atoms with van der Waals surface area (Å²) >= 11 is 6.34. The predicted molar refractivity (Wildman–Crippen MR) is 123 cm³/mol. The van der Waals surface area contributed by atoms with Crippen LogP contribution < -0.4 is 4.74 Å². The average Bonchev–Trinajstić information content (AvgIpc) is 2.83. The standard InChI is InChI=1S/C26H16ClF4NO3/c27-22-11-15(16-7-10-24(25(33)34)32-13-16)5-6-17(22)14-35-18-8-9-19(21(12-18)26(29,30)31)20-3-1-2-4-23(20)28/h1-13H,14H2,(H,33,34). The van der Waals surface area contributed by atoms with E-state index in [1.54, 1.807) is 24.3 Å². The van der Waals surface area contributed by atoms with Crippen molar-refractivity contribution < 1.29 is 32.2 Å². The molecule has 9 heteroatoms. The zero-order valence-electron chi connectivity index (χ0n) is 17.8. The van der Waals surface area contributed by atoms with Crippen molar-refractivity contribution in [2.75, 3.05) is 0 Å². The van der Waals surface area contributed by atoms with Crippen LogP contribution in [-0.2, 0) is 12.8 Å². The minimum atomic E-state index is -4.72. The summed E-state index contributed by atoms with van der Waals surface area (Å²) in [6.45, 7) is -0.105. The highest BCUT2D eigenvalue weighted by Crippen LogP contribution is 2.40. The van der Waals surface area contributed by atoms with Gasteiger partial charge in [0, 0.05) is 27.9 Å². The van der Waals surface area contributed by atoms with Crippen LogP contribution >= 0.6 is 11.6 Å². The van der Waals surface area contributed by atoms with E-state index >= 15 is 0 Å². The molecule has 4 nitrogen and oxygen atoms in total. The summed E-state index contributed by atoms with van der Waals surface area (Å²) in [4.78, 5) is 14.8. The molecule has 0 saturated carbocycles. The number of nitrogens with zero attached hydrogens (tertiary/aromatic N) is 1. The van der Waals surface area contributed by atoms with Crippen molar-refractivity contribution in [2.45, 2.75) is 12.8 Å². The average molecular weight is 502 g/mol. The Labute approximate surface area is 202 Å². The van der Waals surface area contributed by atoms with E-state index in [-0.39, 0.29) is 29.2 Å². The fraction of sp³-hybridized carbons (Fsp3) is 0.0769. The Morgan fingerprint density at radius 2 is 1.69 bits per heavy atom. The lowest BCUT2D eigenvalue weighted by Gasteiger charge is -2.16. The number of hydrogen-bond acceptors (Lipinski definition) is 3. The summed E-state index contributed by atoms with van der Waals surface area (Å²) in [5, 5.41) is 9.26. The second-order valence-corrected chi connectivity index (χ2v) is 7.92. The maximum Gasteiger partial charge on any atom is 0.417 e. The smallest absolute Gasteiger partial charge is 0.417 e. The van der Waals surface area contributed by atoms with Gasteiger partial charge in [-0.05, 0) is 47.5 Å². The number of carboxylic acid groups (broad SMARTS) is 1. The third kappa shape index (κ3) is 5.44. The van der Waals surface area contributed by atoms with Gasteiger partial charge in [0.05, 0.1) is 5.56 Å². The zero-order chi connectivity index (χ0) is 25.2. The third-order valence-corrected chi connectivity index (χ3v) is 5.58. The minimum Gasteiger partial charge on any atom is -0.489 e. The highest BCUT2D eigenvalue weighted by molar-refractivity contribution is 6.31. The Bertz CT molecular complexity index is 1390. The van der Waals surface area contributed by atoms with Crippen molar-refractivity contribution in [1.29, 1.82) is 0 Å². The van der Waals surface area contributed by atoms with Crippen LogP contribution in [0.5, 0.6) is 5.75 Å². The van der Waals surface area contributed by atoms with Gasteiger partial charge in [-0.25, -0.2) is 14.2 Å². The van der Waals surface area contributed by atoms with Gasteiger partial charge in [0.2, 0.25) is 0 Å². The van der Waals surface area contributed by atoms with E-state index < -0.39 is 23.5 Å². The molecule has 4 rings (SSSR count). The molecular formula is C26H16ClF4NO3. The number of aromatic carboxylic acids is 1. The maximum absolute atomic E-state index is 14.1. The van der Waals surface area contributed by atoms with Gasteiger partial charge in [-0.3, -0.25) is 0 Å². The molecule has 1 aromatic heterocycles. The van der Waals surface area contributed by atoms with Crippen molar-refractivity contribution in [3.63, 3.8) is 0 Å². The molecule has 0 atom stereocenters. The van der Waals surface area contributed by atoms with Crippen LogP contribution in [0.4, 0.5) is 17.6 Å². The molecule has 1 N–H and O–H groups in total. The van der Waals surface area contributed by atoms with E-state index in [9.17, 15) is 22.4 Å². The van der Waals surface area contributed by atoms with Crippen molar-refractivity contribution in [2.24, 2.45) is 0 Å². The summed E-state index contributed by atoms with van der Waals surface area (Å²) in [6.07, 6.45) is -3.32. The number of carbonyl (C=O) groups is 1. The first kappa shape index (κ1) is 24.2. The van der Waals surface area contributed by atoms with E-state index in [0.717, 1.165) is 12.1 Å². The lowest BCUT2D eigenvalue weighted by molar-refractivity contribution is -0.137. The normalized spacial score (nSPS) is 11.3. The van der Waals surface area contributed by atoms with Crippen LogP contribution in [0, 0.1) is 5.82 Å². The number of pyridine rings is 1. The minimum absolute atomic E-state index is 0.0500. The maximum atomic E-state index is 14.1. The molecule has 35 heavy (non-hydrogen) atoms. The molecule has 0 aliphatic carbocycles. The summed E-state index contributed by atoms with van der Waals surface area (Å²) in [5.74, 6) is -1.95. The van der Waals surface area contributed by atoms with Crippen molar-refractivity contribution in [1.82, 2.24) is 4.98 Å². The van der Waals surface area contributed by atoms with Crippen LogP contribution in [0.15, 0.2) is 79.0 Å². The van der Waals surface area contributed by atoms with Gasteiger partial charge in [-0.1, -0.05) is 48.0 Å². The number of halogens is 5. The monoisotopic (exact) mass is 501 g/mol. The summed E-state index contributed by atoms with van der Waals surface area (Å²) in [5.41, 5.74) is 0.295.